The van der Waals surface area contributed by atoms with Crippen molar-refractivity contribution in [3.05, 3.63) is 51.3 Å². The maximum Gasteiger partial charge on any atom is 0.281 e. The molecule has 0 unspecified atom stereocenters. The average molecular weight is 381 g/mol. The molecular weight excluding hydrogens is 358 g/mol. The van der Waals surface area contributed by atoms with Gasteiger partial charge in [-0.25, -0.2) is 0 Å². The van der Waals surface area contributed by atoms with Crippen LogP contribution in [-0.2, 0) is 13.5 Å². The van der Waals surface area contributed by atoms with Gasteiger partial charge in [-0.15, -0.1) is 5.11 Å². The van der Waals surface area contributed by atoms with Gasteiger partial charge in [0.2, 0.25) is 5.88 Å². The predicted molar refractivity (Wildman–Crippen MR) is 105 cm³/mol. The largest absolute Gasteiger partial charge is 0.493 e. The van der Waals surface area contributed by atoms with Crippen LogP contribution in [-0.4, -0.2) is 34.6 Å². The lowest BCUT2D eigenvalue weighted by molar-refractivity contribution is 0.0827. The van der Waals surface area contributed by atoms with E-state index < -0.39 is 5.56 Å². The van der Waals surface area contributed by atoms with E-state index in [9.17, 15) is 20.0 Å². The monoisotopic (exact) mass is 381 g/mol. The molecule has 1 N–H and O–H groups in total. The van der Waals surface area contributed by atoms with Crippen molar-refractivity contribution in [1.29, 1.82) is 5.26 Å². The zero-order valence-electron chi connectivity index (χ0n) is 16.4. The Morgan fingerprint density at radius 3 is 2.43 bits per heavy atom. The maximum absolute atomic E-state index is 12.6. The van der Waals surface area contributed by atoms with Crippen molar-refractivity contribution < 1.29 is 9.90 Å². The van der Waals surface area contributed by atoms with Crippen molar-refractivity contribution in [3.63, 3.8) is 0 Å². The summed E-state index contributed by atoms with van der Waals surface area (Å²) in [5.74, 6) is -0.500. The van der Waals surface area contributed by atoms with Gasteiger partial charge in [0.1, 0.15) is 11.6 Å². The maximum atomic E-state index is 12.6. The van der Waals surface area contributed by atoms with Crippen molar-refractivity contribution in [3.8, 4) is 11.9 Å². The van der Waals surface area contributed by atoms with E-state index >= 15 is 0 Å². The molecule has 8 nitrogen and oxygen atoms in total. The smallest absolute Gasteiger partial charge is 0.281 e. The molecule has 2 aromatic rings. The van der Waals surface area contributed by atoms with E-state index in [1.54, 1.807) is 38.4 Å². The van der Waals surface area contributed by atoms with Gasteiger partial charge < -0.3 is 10.0 Å². The van der Waals surface area contributed by atoms with E-state index in [0.717, 1.165) is 17.4 Å². The Labute approximate surface area is 163 Å². The SMILES string of the molecule is CCCCc1c(C#N)c(O)n(C)c(=O)c1N=Nc1ccc(C(=O)N(C)C)cc1. The lowest BCUT2D eigenvalue weighted by atomic mass is 10.0. The Kier molecular flexibility index (Phi) is 6.66. The molecule has 0 aliphatic carbocycles. The van der Waals surface area contributed by atoms with Gasteiger partial charge in [-0.05, 0) is 37.1 Å². The van der Waals surface area contributed by atoms with Crippen LogP contribution in [0.15, 0.2) is 39.3 Å². The number of azo groups is 1. The molecule has 0 atom stereocenters. The summed E-state index contributed by atoms with van der Waals surface area (Å²) in [6.07, 6.45) is 2.04. The molecule has 0 radical (unpaired) electrons. The van der Waals surface area contributed by atoms with Crippen LogP contribution in [0.3, 0.4) is 0 Å². The minimum absolute atomic E-state index is 0.0384. The molecule has 0 aliphatic rings. The molecule has 1 aromatic carbocycles. The highest BCUT2D eigenvalue weighted by atomic mass is 16.3. The highest BCUT2D eigenvalue weighted by Crippen LogP contribution is 2.28. The van der Waals surface area contributed by atoms with Gasteiger partial charge in [-0.2, -0.15) is 10.4 Å². The van der Waals surface area contributed by atoms with Crippen molar-refractivity contribution >= 4 is 17.3 Å². The molecule has 0 bridgehead atoms. The summed E-state index contributed by atoms with van der Waals surface area (Å²) < 4.78 is 0.987. The van der Waals surface area contributed by atoms with Crippen molar-refractivity contribution in [1.82, 2.24) is 9.47 Å². The normalized spacial score (nSPS) is 10.8. The number of rotatable bonds is 6. The number of amides is 1. The Morgan fingerprint density at radius 1 is 1.25 bits per heavy atom. The summed E-state index contributed by atoms with van der Waals surface area (Å²) in [5.41, 5.74) is 0.930. The highest BCUT2D eigenvalue weighted by molar-refractivity contribution is 5.94. The summed E-state index contributed by atoms with van der Waals surface area (Å²) in [4.78, 5) is 26.0. The van der Waals surface area contributed by atoms with Gasteiger partial charge in [-0.3, -0.25) is 14.2 Å². The van der Waals surface area contributed by atoms with Crippen LogP contribution in [0.4, 0.5) is 11.4 Å². The molecule has 0 aliphatic heterocycles. The van der Waals surface area contributed by atoms with Gasteiger partial charge in [0, 0.05) is 32.3 Å². The number of aromatic hydroxyl groups is 1. The highest BCUT2D eigenvalue weighted by Gasteiger charge is 2.19. The van der Waals surface area contributed by atoms with Crippen LogP contribution in [0, 0.1) is 11.3 Å². The zero-order chi connectivity index (χ0) is 20.8. The molecule has 1 amide bonds. The second kappa shape index (κ2) is 8.95. The Balaban J connectivity index is 2.47. The molecule has 0 saturated carbocycles. The minimum atomic E-state index is -0.522. The van der Waals surface area contributed by atoms with Gasteiger partial charge in [-0.1, -0.05) is 13.3 Å². The number of aromatic nitrogens is 1. The minimum Gasteiger partial charge on any atom is -0.493 e. The third-order valence-corrected chi connectivity index (χ3v) is 4.31. The first-order valence-electron chi connectivity index (χ1n) is 8.90. The first-order valence-corrected chi connectivity index (χ1v) is 8.90. The first-order chi connectivity index (χ1) is 13.3. The number of hydrogen-bond acceptors (Lipinski definition) is 6. The van der Waals surface area contributed by atoms with Crippen LogP contribution < -0.4 is 5.56 Å². The van der Waals surface area contributed by atoms with E-state index in [1.165, 1.54) is 11.9 Å². The van der Waals surface area contributed by atoms with Crippen molar-refractivity contribution in [2.75, 3.05) is 14.1 Å². The second-order valence-corrected chi connectivity index (χ2v) is 6.55. The van der Waals surface area contributed by atoms with Crippen LogP contribution >= 0.6 is 0 Å². The van der Waals surface area contributed by atoms with Crippen LogP contribution in [0.2, 0.25) is 0 Å². The quantitative estimate of drug-likeness (QED) is 0.773. The Hall–Kier alpha value is -3.47. The van der Waals surface area contributed by atoms with Gasteiger partial charge in [0.05, 0.1) is 5.69 Å². The van der Waals surface area contributed by atoms with E-state index in [-0.39, 0.29) is 23.0 Å². The fraction of sp³-hybridized carbons (Fsp3) is 0.350. The van der Waals surface area contributed by atoms with Crippen LogP contribution in [0.1, 0.15) is 41.3 Å². The topological polar surface area (TPSA) is 111 Å². The lowest BCUT2D eigenvalue weighted by Crippen LogP contribution is -2.21. The van der Waals surface area contributed by atoms with Crippen molar-refractivity contribution in [2.45, 2.75) is 26.2 Å². The molecule has 2 rings (SSSR count). The molecule has 0 fully saturated rings. The van der Waals surface area contributed by atoms with E-state index in [2.05, 4.69) is 10.2 Å². The Morgan fingerprint density at radius 2 is 1.89 bits per heavy atom. The van der Waals surface area contributed by atoms with E-state index in [1.807, 2.05) is 13.0 Å². The lowest BCUT2D eigenvalue weighted by Gasteiger charge is -2.11. The molecule has 0 saturated heterocycles. The molecular formula is C20H23N5O3. The number of carbonyl (C=O) groups excluding carboxylic acids is 1. The number of nitrogens with zero attached hydrogens (tertiary/aromatic N) is 5. The standard InChI is InChI=1S/C20H23N5O3/c1-5-6-7-15-16(12-21)19(27)25(4)20(28)17(15)23-22-14-10-8-13(9-11-14)18(26)24(2)3/h8-11,27H,5-7H2,1-4H3. The predicted octanol–water partition coefficient (Wildman–Crippen LogP) is 3.42. The number of pyridine rings is 1. The fourth-order valence-corrected chi connectivity index (χ4v) is 2.66. The second-order valence-electron chi connectivity index (χ2n) is 6.55. The third kappa shape index (κ3) is 4.26. The Bertz CT molecular complexity index is 998. The number of carbonyl (C=O) groups is 1. The van der Waals surface area contributed by atoms with E-state index in [4.69, 9.17) is 0 Å². The van der Waals surface area contributed by atoms with E-state index in [0.29, 0.717) is 23.2 Å². The van der Waals surface area contributed by atoms with Crippen LogP contribution in [0.25, 0.3) is 0 Å². The van der Waals surface area contributed by atoms with Gasteiger partial charge in [0.15, 0.2) is 5.69 Å². The van der Waals surface area contributed by atoms with Crippen LogP contribution in [0.5, 0.6) is 5.88 Å². The molecule has 1 heterocycles. The summed E-state index contributed by atoms with van der Waals surface area (Å²) in [7, 11) is 4.71. The third-order valence-electron chi connectivity index (χ3n) is 4.31. The summed E-state index contributed by atoms with van der Waals surface area (Å²) in [6.45, 7) is 1.99. The number of hydrogen-bond donors (Lipinski definition) is 1. The van der Waals surface area contributed by atoms with Gasteiger partial charge >= 0.3 is 0 Å². The number of unbranched alkanes of at least 4 members (excludes halogenated alkanes) is 1. The van der Waals surface area contributed by atoms with Crippen molar-refractivity contribution in [2.24, 2.45) is 17.3 Å². The molecule has 8 heteroatoms. The molecule has 0 spiro atoms. The number of benzene rings is 1. The average Bonchev–Trinajstić information content (AvgIpc) is 2.69. The molecule has 28 heavy (non-hydrogen) atoms. The van der Waals surface area contributed by atoms with Gasteiger partial charge in [0.25, 0.3) is 11.5 Å². The molecule has 146 valence electrons. The summed E-state index contributed by atoms with van der Waals surface area (Å²) >= 11 is 0. The molecule has 1 aromatic heterocycles. The summed E-state index contributed by atoms with van der Waals surface area (Å²) in [5, 5.41) is 27.7. The fourth-order valence-electron chi connectivity index (χ4n) is 2.66. The zero-order valence-corrected chi connectivity index (χ0v) is 16.4. The summed E-state index contributed by atoms with van der Waals surface area (Å²) in [6, 6.07) is 8.47. The number of nitriles is 1. The first kappa shape index (κ1) is 20.8.